The summed E-state index contributed by atoms with van der Waals surface area (Å²) in [5.74, 6) is 0.188. The van der Waals surface area contributed by atoms with Gasteiger partial charge in [-0.2, -0.15) is 0 Å². The van der Waals surface area contributed by atoms with Crippen LogP contribution < -0.4 is 5.32 Å². The van der Waals surface area contributed by atoms with E-state index in [4.69, 9.17) is 0 Å². The summed E-state index contributed by atoms with van der Waals surface area (Å²) in [6.07, 6.45) is 6.28. The van der Waals surface area contributed by atoms with Gasteiger partial charge in [0.05, 0.1) is 0 Å². The molecule has 2 N–H and O–H groups in total. The Labute approximate surface area is 149 Å². The van der Waals surface area contributed by atoms with Gasteiger partial charge in [0.15, 0.2) is 0 Å². The van der Waals surface area contributed by atoms with Crippen LogP contribution in [0.5, 0.6) is 0 Å². The van der Waals surface area contributed by atoms with E-state index in [0.29, 0.717) is 18.5 Å². The number of benzene rings is 1. The fourth-order valence-electron chi connectivity index (χ4n) is 4.32. The molecular weight excluding hydrogens is 310 g/mol. The number of H-pyrrole nitrogens is 1. The Morgan fingerprint density at radius 3 is 2.84 bits per heavy atom. The molecule has 2 aliphatic rings. The number of fused-ring (bicyclic) bond motifs is 1. The smallest absolute Gasteiger partial charge is 0.220 e. The van der Waals surface area contributed by atoms with Crippen molar-refractivity contribution >= 4 is 5.91 Å². The van der Waals surface area contributed by atoms with Gasteiger partial charge < -0.3 is 10.3 Å². The summed E-state index contributed by atoms with van der Waals surface area (Å²) < 4.78 is 0. The molecule has 25 heavy (non-hydrogen) atoms. The molecular formula is C21H27N3O. The second-order valence-corrected chi connectivity index (χ2v) is 7.33. The van der Waals surface area contributed by atoms with Gasteiger partial charge in [0.2, 0.25) is 5.91 Å². The molecule has 1 amide bonds. The second kappa shape index (κ2) is 7.44. The lowest BCUT2D eigenvalue weighted by Gasteiger charge is -2.32. The summed E-state index contributed by atoms with van der Waals surface area (Å²) in [6.45, 7) is 2.36. The topological polar surface area (TPSA) is 48.1 Å². The summed E-state index contributed by atoms with van der Waals surface area (Å²) >= 11 is 0. The number of amides is 1. The molecule has 2 unspecified atom stereocenters. The molecule has 4 nitrogen and oxygen atoms in total. The van der Waals surface area contributed by atoms with Crippen LogP contribution in [0.2, 0.25) is 0 Å². The number of rotatable bonds is 5. The van der Waals surface area contributed by atoms with E-state index in [9.17, 15) is 4.79 Å². The summed E-state index contributed by atoms with van der Waals surface area (Å²) in [7, 11) is 0. The number of piperidine rings is 1. The highest BCUT2D eigenvalue weighted by atomic mass is 16.1. The van der Waals surface area contributed by atoms with E-state index in [-0.39, 0.29) is 5.91 Å². The van der Waals surface area contributed by atoms with Crippen LogP contribution in [0.15, 0.2) is 42.5 Å². The third-order valence-corrected chi connectivity index (χ3v) is 5.66. The Kier molecular flexibility index (Phi) is 4.88. The zero-order chi connectivity index (χ0) is 17.1. The first kappa shape index (κ1) is 16.4. The number of carbonyl (C=O) groups is 1. The first-order valence-corrected chi connectivity index (χ1v) is 9.56. The van der Waals surface area contributed by atoms with Crippen molar-refractivity contribution in [2.45, 2.75) is 50.6 Å². The van der Waals surface area contributed by atoms with E-state index >= 15 is 0 Å². The lowest BCUT2D eigenvalue weighted by Crippen LogP contribution is -2.46. The zero-order valence-corrected chi connectivity index (χ0v) is 14.7. The largest absolute Gasteiger partial charge is 0.358 e. The molecule has 2 aromatic rings. The van der Waals surface area contributed by atoms with Gasteiger partial charge in [0.1, 0.15) is 0 Å². The summed E-state index contributed by atoms with van der Waals surface area (Å²) in [4.78, 5) is 18.4. The average molecular weight is 337 g/mol. The monoisotopic (exact) mass is 337 g/mol. The van der Waals surface area contributed by atoms with Gasteiger partial charge in [-0.3, -0.25) is 9.69 Å². The standard InChI is InChI=1S/C21H27N3O/c25-21(23-19-13-15-24-14-5-4-8-20(19)24)12-10-17-9-11-18(22-17)16-6-2-1-3-7-16/h1-3,6-7,9,11,19-20,22H,4-5,8,10,12-15H2,(H,23,25). The first-order chi connectivity index (χ1) is 12.3. The Hall–Kier alpha value is -2.07. The molecule has 2 saturated heterocycles. The maximum Gasteiger partial charge on any atom is 0.220 e. The minimum atomic E-state index is 0.188. The van der Waals surface area contributed by atoms with Crippen molar-refractivity contribution in [1.29, 1.82) is 0 Å². The van der Waals surface area contributed by atoms with E-state index in [1.807, 2.05) is 18.2 Å². The van der Waals surface area contributed by atoms with Crippen LogP contribution in [0.3, 0.4) is 0 Å². The third kappa shape index (κ3) is 3.79. The van der Waals surface area contributed by atoms with Crippen molar-refractivity contribution in [3.63, 3.8) is 0 Å². The number of aromatic amines is 1. The lowest BCUT2D eigenvalue weighted by atomic mass is 9.99. The van der Waals surface area contributed by atoms with Gasteiger partial charge >= 0.3 is 0 Å². The molecule has 4 heteroatoms. The molecule has 3 heterocycles. The van der Waals surface area contributed by atoms with Crippen LogP contribution in [0.1, 0.15) is 37.8 Å². The number of hydrogen-bond donors (Lipinski definition) is 2. The molecule has 4 rings (SSSR count). The van der Waals surface area contributed by atoms with Gasteiger partial charge in [0.25, 0.3) is 0 Å². The van der Waals surface area contributed by atoms with Crippen molar-refractivity contribution in [3.8, 4) is 11.3 Å². The normalized spacial score (nSPS) is 23.4. The molecule has 0 bridgehead atoms. The average Bonchev–Trinajstić information content (AvgIpc) is 3.28. The Balaban J connectivity index is 1.28. The SMILES string of the molecule is O=C(CCc1ccc(-c2ccccc2)[nH]1)NC1CCN2CCCCC12. The van der Waals surface area contributed by atoms with E-state index in [1.54, 1.807) is 0 Å². The predicted molar refractivity (Wildman–Crippen MR) is 100 cm³/mol. The van der Waals surface area contributed by atoms with Crippen LogP contribution in [0.4, 0.5) is 0 Å². The van der Waals surface area contributed by atoms with Crippen LogP contribution in [0, 0.1) is 0 Å². The van der Waals surface area contributed by atoms with Crippen molar-refractivity contribution in [3.05, 3.63) is 48.2 Å². The predicted octanol–water partition coefficient (Wildman–Crippen LogP) is 3.36. The van der Waals surface area contributed by atoms with Gasteiger partial charge in [0, 0.05) is 36.4 Å². The Morgan fingerprint density at radius 1 is 1.08 bits per heavy atom. The van der Waals surface area contributed by atoms with Crippen LogP contribution >= 0.6 is 0 Å². The van der Waals surface area contributed by atoms with E-state index in [0.717, 1.165) is 30.8 Å². The minimum Gasteiger partial charge on any atom is -0.358 e. The fraction of sp³-hybridized carbons (Fsp3) is 0.476. The molecule has 0 radical (unpaired) electrons. The second-order valence-electron chi connectivity index (χ2n) is 7.33. The van der Waals surface area contributed by atoms with Crippen molar-refractivity contribution in [2.24, 2.45) is 0 Å². The molecule has 0 aliphatic carbocycles. The molecule has 0 spiro atoms. The molecule has 132 valence electrons. The molecule has 1 aromatic carbocycles. The third-order valence-electron chi connectivity index (χ3n) is 5.66. The number of aryl methyl sites for hydroxylation is 1. The number of nitrogens with one attached hydrogen (secondary N) is 2. The van der Waals surface area contributed by atoms with E-state index in [2.05, 4.69) is 39.5 Å². The van der Waals surface area contributed by atoms with Gasteiger partial charge in [-0.05, 0) is 49.9 Å². The van der Waals surface area contributed by atoms with Crippen LogP contribution in [-0.4, -0.2) is 41.0 Å². The van der Waals surface area contributed by atoms with E-state index < -0.39 is 0 Å². The number of hydrogen-bond acceptors (Lipinski definition) is 2. The Bertz CT molecular complexity index is 709. The van der Waals surface area contributed by atoms with Crippen LogP contribution in [-0.2, 0) is 11.2 Å². The summed E-state index contributed by atoms with van der Waals surface area (Å²) in [6, 6.07) is 15.4. The number of carbonyl (C=O) groups excluding carboxylic acids is 1. The maximum atomic E-state index is 12.4. The molecule has 1 aromatic heterocycles. The number of aromatic nitrogens is 1. The highest BCUT2D eigenvalue weighted by molar-refractivity contribution is 5.76. The minimum absolute atomic E-state index is 0.188. The van der Waals surface area contributed by atoms with Gasteiger partial charge in [-0.1, -0.05) is 36.8 Å². The fourth-order valence-corrected chi connectivity index (χ4v) is 4.32. The van der Waals surface area contributed by atoms with Crippen molar-refractivity contribution in [1.82, 2.24) is 15.2 Å². The summed E-state index contributed by atoms with van der Waals surface area (Å²) in [5, 5.41) is 3.29. The van der Waals surface area contributed by atoms with E-state index in [1.165, 1.54) is 31.4 Å². The molecule has 0 saturated carbocycles. The van der Waals surface area contributed by atoms with Gasteiger partial charge in [-0.15, -0.1) is 0 Å². The highest BCUT2D eigenvalue weighted by Gasteiger charge is 2.35. The van der Waals surface area contributed by atoms with Crippen molar-refractivity contribution in [2.75, 3.05) is 13.1 Å². The Morgan fingerprint density at radius 2 is 1.96 bits per heavy atom. The maximum absolute atomic E-state index is 12.4. The number of nitrogens with zero attached hydrogens (tertiary/aromatic N) is 1. The van der Waals surface area contributed by atoms with Gasteiger partial charge in [-0.25, -0.2) is 0 Å². The summed E-state index contributed by atoms with van der Waals surface area (Å²) in [5.41, 5.74) is 3.42. The highest BCUT2D eigenvalue weighted by Crippen LogP contribution is 2.27. The van der Waals surface area contributed by atoms with Crippen LogP contribution in [0.25, 0.3) is 11.3 Å². The molecule has 2 atom stereocenters. The van der Waals surface area contributed by atoms with Crippen molar-refractivity contribution < 1.29 is 4.79 Å². The first-order valence-electron chi connectivity index (χ1n) is 9.56. The quantitative estimate of drug-likeness (QED) is 0.879. The molecule has 2 aliphatic heterocycles. The lowest BCUT2D eigenvalue weighted by molar-refractivity contribution is -0.122. The zero-order valence-electron chi connectivity index (χ0n) is 14.7. The molecule has 2 fully saturated rings.